The van der Waals surface area contributed by atoms with Gasteiger partial charge in [-0.2, -0.15) is 0 Å². The highest BCUT2D eigenvalue weighted by atomic mass is 32.1. The maximum absolute atomic E-state index is 10.5. The third-order valence-corrected chi connectivity index (χ3v) is 3.88. The van der Waals surface area contributed by atoms with Crippen molar-refractivity contribution in [2.45, 2.75) is 19.9 Å². The summed E-state index contributed by atoms with van der Waals surface area (Å²) < 4.78 is 5.19. The minimum Gasteiger partial charge on any atom is -0.481 e. The molecule has 0 aromatic carbocycles. The SMILES string of the molecule is CC1(CNCc2ccc(CC(=O)O)s2)COC1. The van der Waals surface area contributed by atoms with Gasteiger partial charge in [0.15, 0.2) is 0 Å². The van der Waals surface area contributed by atoms with Gasteiger partial charge in [0.2, 0.25) is 0 Å². The molecule has 0 bridgehead atoms. The fraction of sp³-hybridized carbons (Fsp3) is 0.583. The molecular weight excluding hydrogens is 238 g/mol. The molecule has 0 radical (unpaired) electrons. The molecule has 17 heavy (non-hydrogen) atoms. The Kier molecular flexibility index (Phi) is 3.81. The van der Waals surface area contributed by atoms with E-state index in [2.05, 4.69) is 12.2 Å². The Balaban J connectivity index is 1.75. The lowest BCUT2D eigenvalue weighted by molar-refractivity contribution is -0.136. The number of hydrogen-bond donors (Lipinski definition) is 2. The van der Waals surface area contributed by atoms with Crippen molar-refractivity contribution in [3.8, 4) is 0 Å². The zero-order valence-corrected chi connectivity index (χ0v) is 10.7. The number of carboxylic acids is 1. The molecule has 2 heterocycles. The molecule has 1 aromatic rings. The van der Waals surface area contributed by atoms with Gasteiger partial charge in [-0.25, -0.2) is 0 Å². The molecule has 0 aliphatic carbocycles. The Morgan fingerprint density at radius 3 is 2.82 bits per heavy atom. The fourth-order valence-electron chi connectivity index (χ4n) is 1.80. The first-order valence-electron chi connectivity index (χ1n) is 5.65. The van der Waals surface area contributed by atoms with Gasteiger partial charge in [-0.05, 0) is 12.1 Å². The molecule has 0 saturated carbocycles. The number of aliphatic carboxylic acids is 1. The minimum atomic E-state index is -0.773. The minimum absolute atomic E-state index is 0.121. The largest absolute Gasteiger partial charge is 0.481 e. The van der Waals surface area contributed by atoms with Gasteiger partial charge in [0.1, 0.15) is 0 Å². The summed E-state index contributed by atoms with van der Waals surface area (Å²) in [4.78, 5) is 12.6. The maximum atomic E-state index is 10.5. The van der Waals surface area contributed by atoms with Gasteiger partial charge in [-0.1, -0.05) is 6.92 Å². The first-order chi connectivity index (χ1) is 8.07. The molecule has 1 aromatic heterocycles. The van der Waals surface area contributed by atoms with Crippen molar-refractivity contribution < 1.29 is 14.6 Å². The second-order valence-corrected chi connectivity index (χ2v) is 6.10. The van der Waals surface area contributed by atoms with E-state index >= 15 is 0 Å². The van der Waals surface area contributed by atoms with E-state index in [0.29, 0.717) is 0 Å². The third-order valence-electron chi connectivity index (χ3n) is 2.79. The summed E-state index contributed by atoms with van der Waals surface area (Å²) in [5, 5.41) is 12.1. The second-order valence-electron chi connectivity index (χ2n) is 4.85. The molecular formula is C12H17NO3S. The molecule has 94 valence electrons. The summed E-state index contributed by atoms with van der Waals surface area (Å²) in [7, 11) is 0. The van der Waals surface area contributed by atoms with Crippen LogP contribution in [0.15, 0.2) is 12.1 Å². The fourth-order valence-corrected chi connectivity index (χ4v) is 2.78. The molecule has 2 rings (SSSR count). The second kappa shape index (κ2) is 5.16. The van der Waals surface area contributed by atoms with Crippen molar-refractivity contribution in [3.63, 3.8) is 0 Å². The van der Waals surface area contributed by atoms with Gasteiger partial charge < -0.3 is 15.2 Å². The van der Waals surface area contributed by atoms with Crippen LogP contribution in [0.4, 0.5) is 0 Å². The first kappa shape index (κ1) is 12.5. The Labute approximate surface area is 105 Å². The van der Waals surface area contributed by atoms with Crippen molar-refractivity contribution in [3.05, 3.63) is 21.9 Å². The predicted molar refractivity (Wildman–Crippen MR) is 66.3 cm³/mol. The van der Waals surface area contributed by atoms with E-state index in [4.69, 9.17) is 9.84 Å². The van der Waals surface area contributed by atoms with Crippen molar-refractivity contribution >= 4 is 17.3 Å². The molecule has 0 atom stereocenters. The predicted octanol–water partition coefficient (Wildman–Crippen LogP) is 1.50. The Morgan fingerprint density at radius 1 is 1.53 bits per heavy atom. The number of carbonyl (C=O) groups is 1. The van der Waals surface area contributed by atoms with Crippen LogP contribution in [-0.2, 0) is 22.5 Å². The molecule has 2 N–H and O–H groups in total. The van der Waals surface area contributed by atoms with E-state index < -0.39 is 5.97 Å². The molecule has 0 amide bonds. The topological polar surface area (TPSA) is 58.6 Å². The monoisotopic (exact) mass is 255 g/mol. The van der Waals surface area contributed by atoms with Crippen molar-refractivity contribution in [1.82, 2.24) is 5.32 Å². The molecule has 1 saturated heterocycles. The van der Waals surface area contributed by atoms with E-state index in [1.807, 2.05) is 12.1 Å². The lowest BCUT2D eigenvalue weighted by Crippen LogP contribution is -2.47. The zero-order chi connectivity index (χ0) is 12.3. The summed E-state index contributed by atoms with van der Waals surface area (Å²) in [5.74, 6) is -0.773. The van der Waals surface area contributed by atoms with Crippen LogP contribution in [0.2, 0.25) is 0 Å². The van der Waals surface area contributed by atoms with Crippen LogP contribution in [0.25, 0.3) is 0 Å². The molecule has 1 aliphatic heterocycles. The Morgan fingerprint density at radius 2 is 2.24 bits per heavy atom. The Bertz CT molecular complexity index is 398. The van der Waals surface area contributed by atoms with Crippen LogP contribution in [0, 0.1) is 5.41 Å². The van der Waals surface area contributed by atoms with Crippen LogP contribution in [0.1, 0.15) is 16.7 Å². The molecule has 1 fully saturated rings. The molecule has 0 unspecified atom stereocenters. The summed E-state index contributed by atoms with van der Waals surface area (Å²) in [5.41, 5.74) is 0.279. The molecule has 5 heteroatoms. The van der Waals surface area contributed by atoms with Gasteiger partial charge >= 0.3 is 5.97 Å². The smallest absolute Gasteiger partial charge is 0.308 e. The zero-order valence-electron chi connectivity index (χ0n) is 9.86. The van der Waals surface area contributed by atoms with Gasteiger partial charge in [-0.3, -0.25) is 4.79 Å². The lowest BCUT2D eigenvalue weighted by atomic mass is 9.89. The van der Waals surface area contributed by atoms with Gasteiger partial charge in [0.25, 0.3) is 0 Å². The van der Waals surface area contributed by atoms with Gasteiger partial charge in [0, 0.05) is 28.3 Å². The summed E-state index contributed by atoms with van der Waals surface area (Å²) in [6, 6.07) is 3.89. The molecule has 1 aliphatic rings. The summed E-state index contributed by atoms with van der Waals surface area (Å²) >= 11 is 1.56. The van der Waals surface area contributed by atoms with Crippen molar-refractivity contribution in [1.29, 1.82) is 0 Å². The van der Waals surface area contributed by atoms with Crippen LogP contribution < -0.4 is 5.32 Å². The van der Waals surface area contributed by atoms with Crippen LogP contribution in [0.5, 0.6) is 0 Å². The average molecular weight is 255 g/mol. The lowest BCUT2D eigenvalue weighted by Gasteiger charge is -2.38. The average Bonchev–Trinajstić information content (AvgIpc) is 2.62. The van der Waals surface area contributed by atoms with E-state index in [1.165, 1.54) is 4.88 Å². The molecule has 0 spiro atoms. The number of ether oxygens (including phenoxy) is 1. The quantitative estimate of drug-likeness (QED) is 0.809. The van der Waals surface area contributed by atoms with E-state index in [1.54, 1.807) is 11.3 Å². The highest BCUT2D eigenvalue weighted by Crippen LogP contribution is 2.25. The van der Waals surface area contributed by atoms with Crippen LogP contribution in [-0.4, -0.2) is 30.8 Å². The standard InChI is InChI=1S/C12H17NO3S/c1-12(7-16-8-12)6-13-5-10-3-2-9(17-10)4-11(14)15/h2-3,13H,4-8H2,1H3,(H,14,15). The van der Waals surface area contributed by atoms with Crippen molar-refractivity contribution in [2.75, 3.05) is 19.8 Å². The van der Waals surface area contributed by atoms with Gasteiger partial charge in [0.05, 0.1) is 19.6 Å². The number of hydrogen-bond acceptors (Lipinski definition) is 4. The van der Waals surface area contributed by atoms with Gasteiger partial charge in [-0.15, -0.1) is 11.3 Å². The third kappa shape index (κ3) is 3.52. The number of thiophene rings is 1. The molecule has 4 nitrogen and oxygen atoms in total. The number of nitrogens with one attached hydrogen (secondary N) is 1. The highest BCUT2D eigenvalue weighted by Gasteiger charge is 2.32. The Hall–Kier alpha value is -0.910. The number of rotatable bonds is 6. The first-order valence-corrected chi connectivity index (χ1v) is 6.47. The maximum Gasteiger partial charge on any atom is 0.308 e. The van der Waals surface area contributed by atoms with E-state index in [-0.39, 0.29) is 11.8 Å². The number of carboxylic acid groups (broad SMARTS) is 1. The highest BCUT2D eigenvalue weighted by molar-refractivity contribution is 7.12. The summed E-state index contributed by atoms with van der Waals surface area (Å²) in [6.07, 6.45) is 0.121. The normalized spacial score (nSPS) is 17.7. The van der Waals surface area contributed by atoms with E-state index in [9.17, 15) is 4.79 Å². The van der Waals surface area contributed by atoms with E-state index in [0.717, 1.165) is 31.2 Å². The van der Waals surface area contributed by atoms with Crippen LogP contribution in [0.3, 0.4) is 0 Å². The van der Waals surface area contributed by atoms with Crippen LogP contribution >= 0.6 is 11.3 Å². The van der Waals surface area contributed by atoms with Crippen molar-refractivity contribution in [2.24, 2.45) is 5.41 Å². The summed E-state index contributed by atoms with van der Waals surface area (Å²) in [6.45, 7) is 5.61.